The molecular formula is C15H21Br2NO2. The molecule has 0 radical (unpaired) electrons. The van der Waals surface area contributed by atoms with Crippen LogP contribution in [0.2, 0.25) is 0 Å². The number of amides is 1. The number of unbranched alkanes of at least 4 members (excludes halogenated alkanes) is 3. The molecule has 1 rings (SSSR count). The fourth-order valence-corrected chi connectivity index (χ4v) is 3.32. The minimum Gasteiger partial charge on any atom is -0.395 e. The normalized spacial score (nSPS) is 10.6. The summed E-state index contributed by atoms with van der Waals surface area (Å²) in [6, 6.07) is 5.52. The second-order valence-electron chi connectivity index (χ2n) is 4.73. The van der Waals surface area contributed by atoms with Gasteiger partial charge in [-0.05, 0) is 24.6 Å². The molecule has 0 atom stereocenters. The van der Waals surface area contributed by atoms with Crippen LogP contribution in [0.25, 0.3) is 0 Å². The molecule has 20 heavy (non-hydrogen) atoms. The van der Waals surface area contributed by atoms with Crippen molar-refractivity contribution >= 4 is 37.8 Å². The van der Waals surface area contributed by atoms with Crippen LogP contribution in [0.3, 0.4) is 0 Å². The first kappa shape index (κ1) is 17.7. The van der Waals surface area contributed by atoms with Crippen LogP contribution in [-0.4, -0.2) is 35.6 Å². The number of halogens is 2. The summed E-state index contributed by atoms with van der Waals surface area (Å²) in [5.41, 5.74) is 0.634. The van der Waals surface area contributed by atoms with Gasteiger partial charge in [0, 0.05) is 27.6 Å². The Balaban J connectivity index is 2.71. The van der Waals surface area contributed by atoms with E-state index in [1.54, 1.807) is 4.90 Å². The van der Waals surface area contributed by atoms with Crippen LogP contribution in [0.5, 0.6) is 0 Å². The third-order valence-electron chi connectivity index (χ3n) is 3.05. The monoisotopic (exact) mass is 405 g/mol. The van der Waals surface area contributed by atoms with Crippen molar-refractivity contribution in [2.45, 2.75) is 32.6 Å². The highest BCUT2D eigenvalue weighted by atomic mass is 79.9. The molecule has 0 fully saturated rings. The molecule has 1 amide bonds. The minimum absolute atomic E-state index is 0.00527. The molecule has 0 aliphatic heterocycles. The highest BCUT2D eigenvalue weighted by Crippen LogP contribution is 2.21. The summed E-state index contributed by atoms with van der Waals surface area (Å²) >= 11 is 6.78. The van der Waals surface area contributed by atoms with E-state index in [4.69, 9.17) is 5.11 Å². The molecule has 0 aromatic heterocycles. The molecule has 0 spiro atoms. The third-order valence-corrected chi connectivity index (χ3v) is 3.96. The van der Waals surface area contributed by atoms with Crippen LogP contribution in [-0.2, 0) is 0 Å². The topological polar surface area (TPSA) is 40.5 Å². The predicted octanol–water partition coefficient (Wildman–Crippen LogP) is 4.23. The number of carbonyl (C=O) groups is 1. The quantitative estimate of drug-likeness (QED) is 0.656. The second-order valence-corrected chi connectivity index (χ2v) is 6.57. The number of rotatable bonds is 8. The van der Waals surface area contributed by atoms with E-state index in [1.165, 1.54) is 12.8 Å². The Morgan fingerprint density at radius 1 is 1.10 bits per heavy atom. The summed E-state index contributed by atoms with van der Waals surface area (Å²) in [6.45, 7) is 3.24. The third kappa shape index (κ3) is 5.94. The Morgan fingerprint density at radius 2 is 1.75 bits per heavy atom. The van der Waals surface area contributed by atoms with Gasteiger partial charge in [-0.15, -0.1) is 0 Å². The van der Waals surface area contributed by atoms with Gasteiger partial charge in [0.15, 0.2) is 0 Å². The van der Waals surface area contributed by atoms with Gasteiger partial charge >= 0.3 is 0 Å². The molecule has 1 aromatic rings. The molecule has 3 nitrogen and oxygen atoms in total. The van der Waals surface area contributed by atoms with Crippen LogP contribution < -0.4 is 0 Å². The predicted molar refractivity (Wildman–Crippen MR) is 89.0 cm³/mol. The Hall–Kier alpha value is -0.390. The molecule has 0 heterocycles. The summed E-state index contributed by atoms with van der Waals surface area (Å²) in [4.78, 5) is 14.2. The van der Waals surface area contributed by atoms with Crippen molar-refractivity contribution in [2.75, 3.05) is 19.7 Å². The number of benzene rings is 1. The average Bonchev–Trinajstić information content (AvgIpc) is 2.40. The van der Waals surface area contributed by atoms with Gasteiger partial charge in [0.25, 0.3) is 5.91 Å². The van der Waals surface area contributed by atoms with Crippen LogP contribution >= 0.6 is 31.9 Å². The molecule has 0 saturated heterocycles. The van der Waals surface area contributed by atoms with Crippen LogP contribution in [0.4, 0.5) is 0 Å². The molecule has 0 aliphatic carbocycles. The SMILES string of the molecule is CCCCCCN(CCO)C(=O)c1cc(Br)cc(Br)c1. The van der Waals surface area contributed by atoms with Crippen molar-refractivity contribution < 1.29 is 9.90 Å². The molecule has 0 saturated carbocycles. The Labute approximate surface area is 137 Å². The van der Waals surface area contributed by atoms with E-state index in [0.29, 0.717) is 18.7 Å². The number of aliphatic hydroxyl groups excluding tert-OH is 1. The van der Waals surface area contributed by atoms with E-state index in [0.717, 1.165) is 21.8 Å². The second kappa shape index (κ2) is 9.53. The average molecular weight is 407 g/mol. The summed E-state index contributed by atoms with van der Waals surface area (Å²) in [5.74, 6) is -0.0300. The number of hydrogen-bond donors (Lipinski definition) is 1. The summed E-state index contributed by atoms with van der Waals surface area (Å²) in [5, 5.41) is 9.13. The summed E-state index contributed by atoms with van der Waals surface area (Å²) < 4.78 is 1.73. The molecule has 0 aliphatic rings. The zero-order chi connectivity index (χ0) is 15.0. The van der Waals surface area contributed by atoms with E-state index < -0.39 is 0 Å². The highest BCUT2D eigenvalue weighted by molar-refractivity contribution is 9.11. The van der Waals surface area contributed by atoms with Gasteiger partial charge in [-0.25, -0.2) is 0 Å². The van der Waals surface area contributed by atoms with Gasteiger partial charge in [0.1, 0.15) is 0 Å². The lowest BCUT2D eigenvalue weighted by Crippen LogP contribution is -2.34. The molecule has 112 valence electrons. The molecular weight excluding hydrogens is 386 g/mol. The van der Waals surface area contributed by atoms with Gasteiger partial charge < -0.3 is 10.0 Å². The van der Waals surface area contributed by atoms with E-state index in [9.17, 15) is 4.79 Å². The zero-order valence-electron chi connectivity index (χ0n) is 11.7. The molecule has 1 N–H and O–H groups in total. The lowest BCUT2D eigenvalue weighted by molar-refractivity contribution is 0.0718. The van der Waals surface area contributed by atoms with Crippen molar-refractivity contribution in [2.24, 2.45) is 0 Å². The zero-order valence-corrected chi connectivity index (χ0v) is 14.9. The standard InChI is InChI=1S/C15H21Br2NO2/c1-2-3-4-5-6-18(7-8-19)15(20)12-9-13(16)11-14(17)10-12/h9-11,19H,2-8H2,1H3. The molecule has 0 bridgehead atoms. The van der Waals surface area contributed by atoms with Gasteiger partial charge in [0.2, 0.25) is 0 Å². The first-order valence-electron chi connectivity index (χ1n) is 6.94. The maximum Gasteiger partial charge on any atom is 0.254 e. The Kier molecular flexibility index (Phi) is 8.41. The molecule has 0 unspecified atom stereocenters. The highest BCUT2D eigenvalue weighted by Gasteiger charge is 2.15. The number of carbonyl (C=O) groups excluding carboxylic acids is 1. The van der Waals surface area contributed by atoms with E-state index in [-0.39, 0.29) is 12.5 Å². The minimum atomic E-state index is -0.0300. The summed E-state index contributed by atoms with van der Waals surface area (Å²) in [6.07, 6.45) is 4.46. The lowest BCUT2D eigenvalue weighted by Gasteiger charge is -2.22. The largest absolute Gasteiger partial charge is 0.395 e. The van der Waals surface area contributed by atoms with Gasteiger partial charge in [-0.1, -0.05) is 58.0 Å². The molecule has 5 heteroatoms. The van der Waals surface area contributed by atoms with Gasteiger partial charge in [0.05, 0.1) is 6.61 Å². The first-order valence-corrected chi connectivity index (χ1v) is 8.53. The number of hydrogen-bond acceptors (Lipinski definition) is 2. The fraction of sp³-hybridized carbons (Fsp3) is 0.533. The number of aliphatic hydroxyl groups is 1. The van der Waals surface area contributed by atoms with Crippen molar-refractivity contribution in [1.29, 1.82) is 0 Å². The maximum atomic E-state index is 12.5. The van der Waals surface area contributed by atoms with Crippen LogP contribution in [0.15, 0.2) is 27.1 Å². The van der Waals surface area contributed by atoms with Crippen LogP contribution in [0, 0.1) is 0 Å². The maximum absolute atomic E-state index is 12.5. The summed E-state index contributed by atoms with van der Waals surface area (Å²) in [7, 11) is 0. The first-order chi connectivity index (χ1) is 9.58. The fourth-order valence-electron chi connectivity index (χ4n) is 2.02. The van der Waals surface area contributed by atoms with E-state index in [2.05, 4.69) is 38.8 Å². The Bertz CT molecular complexity index is 418. The van der Waals surface area contributed by atoms with E-state index >= 15 is 0 Å². The van der Waals surface area contributed by atoms with Crippen LogP contribution in [0.1, 0.15) is 43.0 Å². The van der Waals surface area contributed by atoms with Gasteiger partial charge in [-0.3, -0.25) is 4.79 Å². The smallest absolute Gasteiger partial charge is 0.254 e. The van der Waals surface area contributed by atoms with Crippen molar-refractivity contribution in [3.63, 3.8) is 0 Å². The van der Waals surface area contributed by atoms with Crippen molar-refractivity contribution in [3.05, 3.63) is 32.7 Å². The molecule has 1 aromatic carbocycles. The van der Waals surface area contributed by atoms with Gasteiger partial charge in [-0.2, -0.15) is 0 Å². The lowest BCUT2D eigenvalue weighted by atomic mass is 10.1. The Morgan fingerprint density at radius 3 is 2.30 bits per heavy atom. The van der Waals surface area contributed by atoms with Crippen molar-refractivity contribution in [3.8, 4) is 0 Å². The number of nitrogens with zero attached hydrogens (tertiary/aromatic N) is 1. The van der Waals surface area contributed by atoms with E-state index in [1.807, 2.05) is 18.2 Å². The van der Waals surface area contributed by atoms with Crippen molar-refractivity contribution in [1.82, 2.24) is 4.90 Å².